The Morgan fingerprint density at radius 2 is 1.46 bits per heavy atom. The molecule has 0 aliphatic carbocycles. The molecule has 120 valence electrons. The highest BCUT2D eigenvalue weighted by Crippen LogP contribution is 2.24. The number of hydrogen-bond acceptors (Lipinski definition) is 2. The Morgan fingerprint density at radius 3 is 1.96 bits per heavy atom. The number of aromatic nitrogens is 2. The van der Waals surface area contributed by atoms with Gasteiger partial charge in [-0.2, -0.15) is 0 Å². The van der Waals surface area contributed by atoms with Crippen molar-refractivity contribution in [3.8, 4) is 22.5 Å². The van der Waals surface area contributed by atoms with E-state index in [9.17, 15) is 13.2 Å². The van der Waals surface area contributed by atoms with E-state index in [2.05, 4.69) is 16.5 Å². The quantitative estimate of drug-likeness (QED) is 0.658. The van der Waals surface area contributed by atoms with E-state index in [1.54, 1.807) is 18.5 Å². The number of nitrogens with zero attached hydrogens (tertiary/aromatic N) is 2. The van der Waals surface area contributed by atoms with Gasteiger partial charge in [0, 0.05) is 23.5 Å². The summed E-state index contributed by atoms with van der Waals surface area (Å²) in [4.78, 5) is 8.29. The van der Waals surface area contributed by atoms with Crippen molar-refractivity contribution in [3.05, 3.63) is 78.1 Å². The van der Waals surface area contributed by atoms with E-state index >= 15 is 0 Å². The number of halogens is 3. The zero-order valence-corrected chi connectivity index (χ0v) is 12.6. The Morgan fingerprint density at radius 1 is 0.875 bits per heavy atom. The van der Waals surface area contributed by atoms with Gasteiger partial charge >= 0.3 is 0 Å². The van der Waals surface area contributed by atoms with E-state index in [0.29, 0.717) is 0 Å². The van der Waals surface area contributed by atoms with Gasteiger partial charge in [0.15, 0.2) is 5.82 Å². The lowest BCUT2D eigenvalue weighted by Crippen LogP contribution is -1.97. The first-order chi connectivity index (χ1) is 11.6. The molecule has 0 fully saturated rings. The molecule has 0 atom stereocenters. The summed E-state index contributed by atoms with van der Waals surface area (Å²) in [6, 6.07) is 9.71. The predicted molar refractivity (Wildman–Crippen MR) is 87.7 cm³/mol. The van der Waals surface area contributed by atoms with E-state index in [-0.39, 0.29) is 11.4 Å². The van der Waals surface area contributed by atoms with Crippen molar-refractivity contribution >= 4 is 6.08 Å². The molecule has 0 spiro atoms. The molecule has 2 aromatic carbocycles. The highest BCUT2D eigenvalue weighted by atomic mass is 19.1. The Balaban J connectivity index is 1.93. The first-order valence-electron chi connectivity index (χ1n) is 7.21. The van der Waals surface area contributed by atoms with Crippen molar-refractivity contribution in [2.45, 2.75) is 6.67 Å². The molecule has 0 N–H and O–H groups in total. The number of benzene rings is 2. The molecule has 24 heavy (non-hydrogen) atoms. The Hall–Kier alpha value is -2.95. The maximum absolute atomic E-state index is 13.7. The van der Waals surface area contributed by atoms with Gasteiger partial charge < -0.3 is 0 Å². The minimum atomic E-state index is -1.20. The second kappa shape index (κ2) is 6.66. The van der Waals surface area contributed by atoms with Crippen molar-refractivity contribution in [2.75, 3.05) is 0 Å². The van der Waals surface area contributed by atoms with Gasteiger partial charge in [0.25, 0.3) is 0 Å². The van der Waals surface area contributed by atoms with Gasteiger partial charge in [-0.15, -0.1) is 0 Å². The van der Waals surface area contributed by atoms with Gasteiger partial charge in [-0.05, 0) is 23.3 Å². The lowest BCUT2D eigenvalue weighted by molar-refractivity contribution is 0.440. The van der Waals surface area contributed by atoms with Crippen LogP contribution in [0.15, 0.2) is 55.4 Å². The van der Waals surface area contributed by atoms with Crippen LogP contribution in [0.2, 0.25) is 0 Å². The number of hydrogen-bond donors (Lipinski definition) is 0. The maximum atomic E-state index is 13.7. The maximum Gasteiger partial charge on any atom is 0.159 e. The van der Waals surface area contributed by atoms with Crippen molar-refractivity contribution in [1.82, 2.24) is 9.97 Å². The average Bonchev–Trinajstić information content (AvgIpc) is 2.62. The Bertz CT molecular complexity index is 849. The molecule has 0 saturated heterocycles. The molecule has 3 aromatic rings. The van der Waals surface area contributed by atoms with Gasteiger partial charge in [-0.1, -0.05) is 36.9 Å². The summed E-state index contributed by atoms with van der Waals surface area (Å²) in [6.07, 6.45) is 4.89. The topological polar surface area (TPSA) is 25.8 Å². The van der Waals surface area contributed by atoms with E-state index in [0.717, 1.165) is 28.8 Å². The first kappa shape index (κ1) is 15.9. The van der Waals surface area contributed by atoms with Crippen LogP contribution in [0.3, 0.4) is 0 Å². The minimum absolute atomic E-state index is 0.163. The minimum Gasteiger partial charge on any atom is -0.246 e. The van der Waals surface area contributed by atoms with Gasteiger partial charge in [-0.3, -0.25) is 0 Å². The Labute approximate surface area is 137 Å². The van der Waals surface area contributed by atoms with Crippen LogP contribution >= 0.6 is 0 Å². The molecular formula is C19H13F3N2. The van der Waals surface area contributed by atoms with Crippen molar-refractivity contribution in [1.29, 1.82) is 0 Å². The standard InChI is InChI=1S/C19H13F3N2/c1-2-12-3-5-13(6-4-12)15-10-23-19(24-11-15)14-7-17(21)16(9-20)18(22)8-14/h2-8,10-11H,1,9H2. The number of alkyl halides is 1. The molecule has 0 saturated carbocycles. The van der Waals surface area contributed by atoms with Crippen LogP contribution in [0.1, 0.15) is 11.1 Å². The largest absolute Gasteiger partial charge is 0.246 e. The fraction of sp³-hybridized carbons (Fsp3) is 0.0526. The predicted octanol–water partition coefficient (Wildman–Crippen LogP) is 5.20. The van der Waals surface area contributed by atoms with Crippen LogP contribution in [-0.2, 0) is 6.67 Å². The lowest BCUT2D eigenvalue weighted by atomic mass is 10.1. The molecule has 0 aliphatic rings. The lowest BCUT2D eigenvalue weighted by Gasteiger charge is -2.06. The van der Waals surface area contributed by atoms with Gasteiger partial charge in [-0.25, -0.2) is 23.1 Å². The normalized spacial score (nSPS) is 10.6. The summed E-state index contributed by atoms with van der Waals surface area (Å²) >= 11 is 0. The van der Waals surface area contributed by atoms with Crippen LogP contribution in [-0.4, -0.2) is 9.97 Å². The first-order valence-corrected chi connectivity index (χ1v) is 7.21. The monoisotopic (exact) mass is 326 g/mol. The zero-order valence-electron chi connectivity index (χ0n) is 12.6. The molecule has 1 heterocycles. The van der Waals surface area contributed by atoms with Gasteiger partial charge in [0.05, 0.1) is 5.56 Å². The van der Waals surface area contributed by atoms with Crippen LogP contribution in [0, 0.1) is 11.6 Å². The smallest absolute Gasteiger partial charge is 0.159 e. The fourth-order valence-corrected chi connectivity index (χ4v) is 2.30. The molecule has 2 nitrogen and oxygen atoms in total. The van der Waals surface area contributed by atoms with E-state index in [1.807, 2.05) is 24.3 Å². The summed E-state index contributed by atoms with van der Waals surface area (Å²) in [7, 11) is 0. The highest BCUT2D eigenvalue weighted by molar-refractivity contribution is 5.65. The third kappa shape index (κ3) is 3.06. The number of rotatable bonds is 4. The van der Waals surface area contributed by atoms with E-state index in [1.165, 1.54) is 0 Å². The summed E-state index contributed by atoms with van der Waals surface area (Å²) in [5, 5.41) is 0. The van der Waals surface area contributed by atoms with Gasteiger partial charge in [0.1, 0.15) is 18.3 Å². The molecular weight excluding hydrogens is 313 g/mol. The second-order valence-corrected chi connectivity index (χ2v) is 5.17. The molecule has 5 heteroatoms. The van der Waals surface area contributed by atoms with E-state index < -0.39 is 23.9 Å². The third-order valence-electron chi connectivity index (χ3n) is 3.66. The second-order valence-electron chi connectivity index (χ2n) is 5.17. The highest BCUT2D eigenvalue weighted by Gasteiger charge is 2.13. The summed E-state index contributed by atoms with van der Waals surface area (Å²) in [6.45, 7) is 2.50. The van der Waals surface area contributed by atoms with Gasteiger partial charge in [0.2, 0.25) is 0 Å². The molecule has 0 radical (unpaired) electrons. The van der Waals surface area contributed by atoms with Crippen molar-refractivity contribution < 1.29 is 13.2 Å². The van der Waals surface area contributed by atoms with Crippen LogP contribution in [0.25, 0.3) is 28.6 Å². The molecule has 0 aliphatic heterocycles. The van der Waals surface area contributed by atoms with Crippen LogP contribution in [0.4, 0.5) is 13.2 Å². The third-order valence-corrected chi connectivity index (χ3v) is 3.66. The van der Waals surface area contributed by atoms with Crippen LogP contribution < -0.4 is 0 Å². The summed E-state index contributed by atoms with van der Waals surface area (Å²) < 4.78 is 39.9. The van der Waals surface area contributed by atoms with E-state index in [4.69, 9.17) is 0 Å². The summed E-state index contributed by atoms with van der Waals surface area (Å²) in [5.41, 5.74) is 2.26. The summed E-state index contributed by atoms with van der Waals surface area (Å²) in [5.74, 6) is -1.72. The molecule has 3 rings (SSSR count). The average molecular weight is 326 g/mol. The SMILES string of the molecule is C=Cc1ccc(-c2cnc(-c3cc(F)c(CF)c(F)c3)nc2)cc1. The molecule has 0 amide bonds. The zero-order chi connectivity index (χ0) is 17.1. The van der Waals surface area contributed by atoms with Crippen LogP contribution in [0.5, 0.6) is 0 Å². The molecule has 0 unspecified atom stereocenters. The molecule has 1 aromatic heterocycles. The van der Waals surface area contributed by atoms with Crippen molar-refractivity contribution in [2.24, 2.45) is 0 Å². The Kier molecular flexibility index (Phi) is 4.42. The fourth-order valence-electron chi connectivity index (χ4n) is 2.30. The van der Waals surface area contributed by atoms with Crippen molar-refractivity contribution in [3.63, 3.8) is 0 Å². The molecule has 0 bridgehead atoms.